The summed E-state index contributed by atoms with van der Waals surface area (Å²) in [6, 6.07) is 5.72. The highest BCUT2D eigenvalue weighted by Crippen LogP contribution is 2.44. The smallest absolute Gasteiger partial charge is 0.254 e. The van der Waals surface area contributed by atoms with Crippen LogP contribution in [0.25, 0.3) is 0 Å². The van der Waals surface area contributed by atoms with Gasteiger partial charge in [0, 0.05) is 44.4 Å². The third-order valence-corrected chi connectivity index (χ3v) is 5.76. The molecule has 1 aliphatic heterocycles. The van der Waals surface area contributed by atoms with E-state index in [0.29, 0.717) is 19.0 Å². The average molecular weight is 379 g/mol. The first-order valence-electron chi connectivity index (χ1n) is 9.45. The van der Waals surface area contributed by atoms with Crippen LogP contribution in [0.4, 0.5) is 10.3 Å². The monoisotopic (exact) mass is 379 g/mol. The zero-order chi connectivity index (χ0) is 19.9. The first-order chi connectivity index (χ1) is 13.4. The van der Waals surface area contributed by atoms with Gasteiger partial charge in [0.1, 0.15) is 5.82 Å². The Bertz CT molecular complexity index is 979. The average Bonchev–Trinajstić information content (AvgIpc) is 3.04. The number of piperidine rings is 1. The molecule has 1 unspecified atom stereocenters. The molecule has 28 heavy (non-hydrogen) atoms. The van der Waals surface area contributed by atoms with Gasteiger partial charge in [-0.3, -0.25) is 4.79 Å². The first-order valence-corrected chi connectivity index (χ1v) is 9.45. The summed E-state index contributed by atoms with van der Waals surface area (Å²) in [6.07, 6.45) is 5.58. The maximum absolute atomic E-state index is 13.8. The SMILES string of the molecule is CN(C)c1ncc2c(n1)C1(CCCN(C(=O)c3cc(F)cc(C#N)c3)C1)CC2. The molecule has 2 heterocycles. The van der Waals surface area contributed by atoms with Crippen LogP contribution in [0.3, 0.4) is 0 Å². The molecule has 1 aliphatic carbocycles. The van der Waals surface area contributed by atoms with Gasteiger partial charge in [-0.1, -0.05) is 0 Å². The standard InChI is InChI=1S/C21H22FN5O/c1-26(2)20-24-12-15-4-6-21(18(15)25-20)5-3-7-27(13-21)19(28)16-8-14(11-23)9-17(22)10-16/h8-10,12H,3-7,13H2,1-2H3. The number of carbonyl (C=O) groups is 1. The van der Waals surface area contributed by atoms with E-state index in [2.05, 4.69) is 4.98 Å². The number of likely N-dealkylation sites (tertiary alicyclic amines) is 1. The summed E-state index contributed by atoms with van der Waals surface area (Å²) in [6.45, 7) is 1.18. The highest BCUT2D eigenvalue weighted by atomic mass is 19.1. The number of hydrogen-bond donors (Lipinski definition) is 0. The van der Waals surface area contributed by atoms with Crippen molar-refractivity contribution in [3.63, 3.8) is 0 Å². The molecule has 2 aromatic rings. The molecule has 2 aliphatic rings. The predicted octanol–water partition coefficient (Wildman–Crippen LogP) is 2.67. The van der Waals surface area contributed by atoms with E-state index in [-0.39, 0.29) is 22.4 Å². The van der Waals surface area contributed by atoms with Crippen LogP contribution in [0.15, 0.2) is 24.4 Å². The molecular weight excluding hydrogens is 357 g/mol. The molecule has 144 valence electrons. The van der Waals surface area contributed by atoms with Gasteiger partial charge in [0.05, 0.1) is 17.3 Å². The summed E-state index contributed by atoms with van der Waals surface area (Å²) in [7, 11) is 3.83. The van der Waals surface area contributed by atoms with Crippen LogP contribution in [0.2, 0.25) is 0 Å². The van der Waals surface area contributed by atoms with Gasteiger partial charge in [0.15, 0.2) is 0 Å². The fraction of sp³-hybridized carbons (Fsp3) is 0.429. The fourth-order valence-electron chi connectivity index (χ4n) is 4.41. The number of amides is 1. The molecule has 0 radical (unpaired) electrons. The van der Waals surface area contributed by atoms with Crippen LogP contribution in [0.5, 0.6) is 0 Å². The molecule has 1 amide bonds. The highest BCUT2D eigenvalue weighted by Gasteiger charge is 2.45. The minimum atomic E-state index is -0.566. The summed E-state index contributed by atoms with van der Waals surface area (Å²) in [5.41, 5.74) is 2.40. The lowest BCUT2D eigenvalue weighted by molar-refractivity contribution is 0.0633. The van der Waals surface area contributed by atoms with Gasteiger partial charge >= 0.3 is 0 Å². The van der Waals surface area contributed by atoms with Crippen LogP contribution in [0.1, 0.15) is 46.4 Å². The van der Waals surface area contributed by atoms with E-state index < -0.39 is 5.82 Å². The van der Waals surface area contributed by atoms with Crippen molar-refractivity contribution in [2.75, 3.05) is 32.1 Å². The molecule has 0 saturated carbocycles. The van der Waals surface area contributed by atoms with Crippen molar-refractivity contribution in [2.45, 2.75) is 31.1 Å². The van der Waals surface area contributed by atoms with Crippen LogP contribution in [-0.4, -0.2) is 48.0 Å². The Labute approximate surface area is 163 Å². The van der Waals surface area contributed by atoms with E-state index in [0.717, 1.165) is 43.0 Å². The summed E-state index contributed by atoms with van der Waals surface area (Å²) in [5.74, 6) is -0.124. The van der Waals surface area contributed by atoms with E-state index in [1.807, 2.05) is 31.3 Å². The van der Waals surface area contributed by atoms with Crippen molar-refractivity contribution in [3.8, 4) is 6.07 Å². The summed E-state index contributed by atoms with van der Waals surface area (Å²) in [4.78, 5) is 26.0. The van der Waals surface area contributed by atoms with Crippen LogP contribution in [-0.2, 0) is 11.8 Å². The number of aromatic nitrogens is 2. The number of aryl methyl sites for hydroxylation is 1. The fourth-order valence-corrected chi connectivity index (χ4v) is 4.41. The van der Waals surface area contributed by atoms with E-state index in [1.54, 1.807) is 4.90 Å². The Balaban J connectivity index is 1.65. The van der Waals surface area contributed by atoms with Gasteiger partial charge in [0.2, 0.25) is 5.95 Å². The van der Waals surface area contributed by atoms with Gasteiger partial charge in [-0.05, 0) is 49.4 Å². The highest BCUT2D eigenvalue weighted by molar-refractivity contribution is 5.94. The Morgan fingerprint density at radius 2 is 2.14 bits per heavy atom. The van der Waals surface area contributed by atoms with E-state index >= 15 is 0 Å². The van der Waals surface area contributed by atoms with Crippen LogP contribution >= 0.6 is 0 Å². The molecular formula is C21H22FN5O. The van der Waals surface area contributed by atoms with Gasteiger partial charge in [-0.25, -0.2) is 14.4 Å². The number of rotatable bonds is 2. The second-order valence-electron chi connectivity index (χ2n) is 7.89. The summed E-state index contributed by atoms with van der Waals surface area (Å²) >= 11 is 0. The van der Waals surface area contributed by atoms with Gasteiger partial charge in [-0.2, -0.15) is 5.26 Å². The van der Waals surface area contributed by atoms with Crippen molar-refractivity contribution in [2.24, 2.45) is 0 Å². The minimum absolute atomic E-state index is 0.157. The minimum Gasteiger partial charge on any atom is -0.347 e. The Morgan fingerprint density at radius 3 is 2.89 bits per heavy atom. The van der Waals surface area contributed by atoms with E-state index in [1.165, 1.54) is 12.1 Å². The summed E-state index contributed by atoms with van der Waals surface area (Å²) < 4.78 is 13.8. The molecule has 1 aromatic carbocycles. The number of anilines is 1. The number of hydrogen-bond acceptors (Lipinski definition) is 5. The van der Waals surface area contributed by atoms with Crippen molar-refractivity contribution in [1.82, 2.24) is 14.9 Å². The van der Waals surface area contributed by atoms with Gasteiger partial charge in [-0.15, -0.1) is 0 Å². The Morgan fingerprint density at radius 1 is 1.32 bits per heavy atom. The molecule has 4 rings (SSSR count). The topological polar surface area (TPSA) is 73.1 Å². The largest absolute Gasteiger partial charge is 0.347 e. The van der Waals surface area contributed by atoms with Gasteiger partial charge in [0.25, 0.3) is 5.91 Å². The van der Waals surface area contributed by atoms with Crippen LogP contribution < -0.4 is 4.90 Å². The lowest BCUT2D eigenvalue weighted by Gasteiger charge is -2.40. The molecule has 1 saturated heterocycles. The normalized spacial score (nSPS) is 20.7. The number of carbonyl (C=O) groups excluding carboxylic acids is 1. The van der Waals surface area contributed by atoms with Crippen molar-refractivity contribution >= 4 is 11.9 Å². The first kappa shape index (κ1) is 18.4. The van der Waals surface area contributed by atoms with E-state index in [4.69, 9.17) is 10.2 Å². The molecule has 1 spiro atoms. The third kappa shape index (κ3) is 3.09. The number of nitriles is 1. The third-order valence-electron chi connectivity index (χ3n) is 5.76. The van der Waals surface area contributed by atoms with Crippen molar-refractivity contribution in [1.29, 1.82) is 5.26 Å². The molecule has 1 fully saturated rings. The summed E-state index contributed by atoms with van der Waals surface area (Å²) in [5, 5.41) is 9.07. The number of fused-ring (bicyclic) bond motifs is 2. The quantitative estimate of drug-likeness (QED) is 0.802. The lowest BCUT2D eigenvalue weighted by atomic mass is 9.77. The molecule has 0 bridgehead atoms. The van der Waals surface area contributed by atoms with Gasteiger partial charge < -0.3 is 9.80 Å². The number of benzene rings is 1. The maximum Gasteiger partial charge on any atom is 0.254 e. The van der Waals surface area contributed by atoms with Crippen molar-refractivity contribution in [3.05, 3.63) is 52.6 Å². The Kier molecular flexibility index (Phi) is 4.50. The zero-order valence-electron chi connectivity index (χ0n) is 16.1. The number of halogens is 1. The lowest BCUT2D eigenvalue weighted by Crippen LogP contribution is -2.48. The van der Waals surface area contributed by atoms with E-state index in [9.17, 15) is 9.18 Å². The zero-order valence-corrected chi connectivity index (χ0v) is 16.1. The predicted molar refractivity (Wildman–Crippen MR) is 103 cm³/mol. The molecule has 6 nitrogen and oxygen atoms in total. The molecule has 0 N–H and O–H groups in total. The van der Waals surface area contributed by atoms with Crippen molar-refractivity contribution < 1.29 is 9.18 Å². The number of nitrogens with zero attached hydrogens (tertiary/aromatic N) is 5. The molecule has 1 atom stereocenters. The molecule has 1 aromatic heterocycles. The molecule has 7 heteroatoms. The van der Waals surface area contributed by atoms with Crippen LogP contribution in [0, 0.1) is 17.1 Å². The Hall–Kier alpha value is -3.01. The second-order valence-corrected chi connectivity index (χ2v) is 7.89. The maximum atomic E-state index is 13.8. The second kappa shape index (κ2) is 6.86.